The summed E-state index contributed by atoms with van der Waals surface area (Å²) >= 11 is 6.12. The summed E-state index contributed by atoms with van der Waals surface area (Å²) in [4.78, 5) is 24.0. The molecule has 0 aliphatic heterocycles. The van der Waals surface area contributed by atoms with Gasteiger partial charge in [0.2, 0.25) is 10.0 Å². The maximum atomic E-state index is 12.2. The lowest BCUT2D eigenvalue weighted by atomic mass is 10.2. The van der Waals surface area contributed by atoms with Crippen molar-refractivity contribution < 1.29 is 27.5 Å². The zero-order valence-corrected chi connectivity index (χ0v) is 18.2. The molecule has 0 bridgehead atoms. The van der Waals surface area contributed by atoms with Gasteiger partial charge in [-0.05, 0) is 36.8 Å². The number of benzene rings is 2. The highest BCUT2D eigenvalue weighted by Gasteiger charge is 2.17. The standard InChI is InChI=1S/C20H23ClN2O6S/c1-3-4-11-22-30(26,27)14-9-10-18(16(21)12-14)29-13-19(24)23-17-8-6-5-7-15(17)20(25)28-2/h5-10,12,22H,3-4,11,13H2,1-2H3,(H,23,24). The first kappa shape index (κ1) is 23.7. The Morgan fingerprint density at radius 2 is 1.87 bits per heavy atom. The number of ether oxygens (including phenoxy) is 2. The third kappa shape index (κ3) is 6.45. The van der Waals surface area contributed by atoms with Gasteiger partial charge in [0.05, 0.1) is 28.3 Å². The lowest BCUT2D eigenvalue weighted by Crippen LogP contribution is -2.24. The molecule has 2 aromatic rings. The van der Waals surface area contributed by atoms with Crippen LogP contribution >= 0.6 is 11.6 Å². The van der Waals surface area contributed by atoms with Crippen molar-refractivity contribution in [2.75, 3.05) is 25.6 Å². The first-order valence-electron chi connectivity index (χ1n) is 9.17. The fraction of sp³-hybridized carbons (Fsp3) is 0.300. The zero-order chi connectivity index (χ0) is 22.1. The molecule has 0 saturated carbocycles. The lowest BCUT2D eigenvalue weighted by Gasteiger charge is -2.12. The average molecular weight is 455 g/mol. The first-order valence-corrected chi connectivity index (χ1v) is 11.0. The maximum absolute atomic E-state index is 12.2. The summed E-state index contributed by atoms with van der Waals surface area (Å²) in [5.41, 5.74) is 0.486. The van der Waals surface area contributed by atoms with Gasteiger partial charge < -0.3 is 14.8 Å². The van der Waals surface area contributed by atoms with Gasteiger partial charge in [-0.1, -0.05) is 37.1 Å². The number of para-hydroxylation sites is 1. The van der Waals surface area contributed by atoms with Crippen LogP contribution < -0.4 is 14.8 Å². The fourth-order valence-electron chi connectivity index (χ4n) is 2.44. The number of amides is 1. The number of carbonyl (C=O) groups excluding carboxylic acids is 2. The third-order valence-electron chi connectivity index (χ3n) is 4.00. The van der Waals surface area contributed by atoms with Crippen molar-refractivity contribution in [3.8, 4) is 5.75 Å². The quantitative estimate of drug-likeness (QED) is 0.421. The van der Waals surface area contributed by atoms with Crippen molar-refractivity contribution >= 4 is 39.2 Å². The van der Waals surface area contributed by atoms with E-state index in [0.717, 1.165) is 12.8 Å². The van der Waals surface area contributed by atoms with Gasteiger partial charge in [-0.2, -0.15) is 0 Å². The second-order valence-electron chi connectivity index (χ2n) is 6.22. The normalized spacial score (nSPS) is 11.0. The van der Waals surface area contributed by atoms with Crippen LogP contribution in [0.2, 0.25) is 5.02 Å². The van der Waals surface area contributed by atoms with Gasteiger partial charge in [-0.25, -0.2) is 17.9 Å². The van der Waals surface area contributed by atoms with Crippen molar-refractivity contribution in [1.29, 1.82) is 0 Å². The Morgan fingerprint density at radius 3 is 2.53 bits per heavy atom. The predicted octanol–water partition coefficient (Wildman–Crippen LogP) is 3.22. The van der Waals surface area contributed by atoms with Crippen LogP contribution in [0, 0.1) is 0 Å². The molecule has 162 valence electrons. The highest BCUT2D eigenvalue weighted by Crippen LogP contribution is 2.27. The molecule has 10 heteroatoms. The molecule has 0 aromatic heterocycles. The van der Waals surface area contributed by atoms with Crippen molar-refractivity contribution in [3.05, 3.63) is 53.1 Å². The zero-order valence-electron chi connectivity index (χ0n) is 16.6. The molecule has 0 spiro atoms. The first-order chi connectivity index (χ1) is 14.3. The molecule has 0 aliphatic carbocycles. The molecule has 2 N–H and O–H groups in total. The second-order valence-corrected chi connectivity index (χ2v) is 8.39. The van der Waals surface area contributed by atoms with E-state index in [2.05, 4.69) is 14.8 Å². The number of halogens is 1. The molecule has 8 nitrogen and oxygen atoms in total. The summed E-state index contributed by atoms with van der Waals surface area (Å²) in [6.45, 7) is 1.90. The number of esters is 1. The number of hydrogen-bond donors (Lipinski definition) is 2. The molecular weight excluding hydrogens is 432 g/mol. The number of unbranched alkanes of at least 4 members (excludes halogenated alkanes) is 1. The largest absolute Gasteiger partial charge is 0.482 e. The van der Waals surface area contributed by atoms with E-state index in [4.69, 9.17) is 16.3 Å². The van der Waals surface area contributed by atoms with Gasteiger partial charge in [0.15, 0.2) is 6.61 Å². The summed E-state index contributed by atoms with van der Waals surface area (Å²) < 4.78 is 37.0. The molecule has 0 saturated heterocycles. The number of hydrogen-bond acceptors (Lipinski definition) is 6. The van der Waals surface area contributed by atoms with Crippen LogP contribution in [-0.2, 0) is 19.6 Å². The Hall–Kier alpha value is -2.62. The Bertz CT molecular complexity index is 1010. The van der Waals surface area contributed by atoms with Crippen molar-refractivity contribution in [2.45, 2.75) is 24.7 Å². The van der Waals surface area contributed by atoms with Gasteiger partial charge in [0.25, 0.3) is 5.91 Å². The fourth-order valence-corrected chi connectivity index (χ4v) is 3.84. The molecule has 30 heavy (non-hydrogen) atoms. The maximum Gasteiger partial charge on any atom is 0.339 e. The topological polar surface area (TPSA) is 111 Å². The van der Waals surface area contributed by atoms with Crippen LogP contribution in [0.25, 0.3) is 0 Å². The van der Waals surface area contributed by atoms with Gasteiger partial charge in [-0.15, -0.1) is 0 Å². The van der Waals surface area contributed by atoms with E-state index < -0.39 is 28.5 Å². The molecule has 2 aromatic carbocycles. The third-order valence-corrected chi connectivity index (χ3v) is 5.76. The van der Waals surface area contributed by atoms with Gasteiger partial charge in [0, 0.05) is 6.54 Å². The van der Waals surface area contributed by atoms with E-state index >= 15 is 0 Å². The minimum absolute atomic E-state index is 0.00686. The summed E-state index contributed by atoms with van der Waals surface area (Å²) in [6, 6.07) is 10.4. The van der Waals surface area contributed by atoms with Crippen LogP contribution in [0.4, 0.5) is 5.69 Å². The highest BCUT2D eigenvalue weighted by atomic mass is 35.5. The van der Waals surface area contributed by atoms with E-state index in [0.29, 0.717) is 6.54 Å². The number of anilines is 1. The molecule has 0 unspecified atom stereocenters. The van der Waals surface area contributed by atoms with Crippen molar-refractivity contribution in [3.63, 3.8) is 0 Å². The van der Waals surface area contributed by atoms with Crippen LogP contribution in [0.15, 0.2) is 47.4 Å². The lowest BCUT2D eigenvalue weighted by molar-refractivity contribution is -0.118. The Morgan fingerprint density at radius 1 is 1.13 bits per heavy atom. The molecule has 1 amide bonds. The Labute approximate surface area is 180 Å². The minimum atomic E-state index is -3.67. The van der Waals surface area contributed by atoms with Gasteiger partial charge >= 0.3 is 5.97 Å². The molecule has 0 aliphatic rings. The summed E-state index contributed by atoms with van der Waals surface area (Å²) in [7, 11) is -2.43. The number of rotatable bonds is 10. The van der Waals surface area contributed by atoms with E-state index in [1.165, 1.54) is 31.4 Å². The minimum Gasteiger partial charge on any atom is -0.482 e. The molecule has 0 radical (unpaired) electrons. The monoisotopic (exact) mass is 454 g/mol. The molecule has 2 rings (SSSR count). The number of sulfonamides is 1. The molecule has 0 atom stereocenters. The summed E-state index contributed by atoms with van der Waals surface area (Å²) in [5, 5.41) is 2.62. The SMILES string of the molecule is CCCCNS(=O)(=O)c1ccc(OCC(=O)Nc2ccccc2C(=O)OC)c(Cl)c1. The molecule has 0 fully saturated rings. The molecular formula is C20H23ClN2O6S. The average Bonchev–Trinajstić information content (AvgIpc) is 2.72. The van der Waals surface area contributed by atoms with Crippen LogP contribution in [0.1, 0.15) is 30.1 Å². The smallest absolute Gasteiger partial charge is 0.339 e. The number of nitrogens with one attached hydrogen (secondary N) is 2. The summed E-state index contributed by atoms with van der Waals surface area (Å²) in [5.74, 6) is -0.958. The Kier molecular flexibility index (Phi) is 8.64. The van der Waals surface area contributed by atoms with Crippen molar-refractivity contribution in [2.24, 2.45) is 0 Å². The number of carbonyl (C=O) groups is 2. The van der Waals surface area contributed by atoms with Crippen molar-refractivity contribution in [1.82, 2.24) is 4.72 Å². The molecule has 0 heterocycles. The van der Waals surface area contributed by atoms with E-state index in [1.807, 2.05) is 6.92 Å². The number of methoxy groups -OCH3 is 1. The van der Waals surface area contributed by atoms with E-state index in [9.17, 15) is 18.0 Å². The summed E-state index contributed by atoms with van der Waals surface area (Å²) in [6.07, 6.45) is 1.59. The predicted molar refractivity (Wildman–Crippen MR) is 113 cm³/mol. The van der Waals surface area contributed by atoms with Gasteiger partial charge in [0.1, 0.15) is 5.75 Å². The second kappa shape index (κ2) is 11.0. The van der Waals surface area contributed by atoms with Gasteiger partial charge in [-0.3, -0.25) is 4.79 Å². The van der Waals surface area contributed by atoms with E-state index in [-0.39, 0.29) is 26.9 Å². The highest BCUT2D eigenvalue weighted by molar-refractivity contribution is 7.89. The van der Waals surface area contributed by atoms with Crippen LogP contribution in [-0.4, -0.2) is 40.6 Å². The Balaban J connectivity index is 2.01. The van der Waals surface area contributed by atoms with Crippen LogP contribution in [0.5, 0.6) is 5.75 Å². The van der Waals surface area contributed by atoms with Crippen LogP contribution in [0.3, 0.4) is 0 Å². The van der Waals surface area contributed by atoms with E-state index in [1.54, 1.807) is 18.2 Å².